The van der Waals surface area contributed by atoms with Crippen LogP contribution in [0.25, 0.3) is 0 Å². The van der Waals surface area contributed by atoms with Gasteiger partial charge in [-0.2, -0.15) is 0 Å². The highest BCUT2D eigenvalue weighted by Crippen LogP contribution is 2.51. The first-order valence-electron chi connectivity index (χ1n) is 11.0. The van der Waals surface area contributed by atoms with E-state index in [2.05, 4.69) is 40.5 Å². The number of amides is 1. The molecule has 1 heterocycles. The van der Waals surface area contributed by atoms with Gasteiger partial charge in [0, 0.05) is 32.1 Å². The SMILES string of the molecule is O=C(NCC1C2CN(Cc3ccccc3)C[C@H]12)C(O)(c1ccccc1)C1CCC1. The van der Waals surface area contributed by atoms with Crippen LogP contribution in [0.5, 0.6) is 0 Å². The van der Waals surface area contributed by atoms with Crippen LogP contribution in [0.1, 0.15) is 30.4 Å². The number of benzene rings is 2. The van der Waals surface area contributed by atoms with Crippen molar-refractivity contribution in [1.82, 2.24) is 10.2 Å². The zero-order valence-corrected chi connectivity index (χ0v) is 16.8. The van der Waals surface area contributed by atoms with Crippen molar-refractivity contribution in [3.63, 3.8) is 0 Å². The number of piperidine rings is 1. The highest BCUT2D eigenvalue weighted by Gasteiger charge is 2.56. The van der Waals surface area contributed by atoms with Crippen LogP contribution < -0.4 is 5.32 Å². The van der Waals surface area contributed by atoms with E-state index in [0.29, 0.717) is 24.3 Å². The summed E-state index contributed by atoms with van der Waals surface area (Å²) in [5, 5.41) is 14.5. The molecule has 2 aromatic rings. The minimum absolute atomic E-state index is 0.0324. The van der Waals surface area contributed by atoms with Gasteiger partial charge in [-0.3, -0.25) is 9.69 Å². The lowest BCUT2D eigenvalue weighted by Gasteiger charge is -2.40. The smallest absolute Gasteiger partial charge is 0.256 e. The van der Waals surface area contributed by atoms with Crippen LogP contribution in [-0.4, -0.2) is 35.5 Å². The van der Waals surface area contributed by atoms with E-state index in [1.165, 1.54) is 5.56 Å². The Hall–Kier alpha value is -2.17. The summed E-state index contributed by atoms with van der Waals surface area (Å²) in [5.74, 6) is 1.76. The number of carbonyl (C=O) groups excluding carboxylic acids is 1. The van der Waals surface area contributed by atoms with Crippen LogP contribution in [0.4, 0.5) is 0 Å². The Morgan fingerprint density at radius 3 is 2.21 bits per heavy atom. The second kappa shape index (κ2) is 7.58. The molecular weight excluding hydrogens is 360 g/mol. The molecule has 4 nitrogen and oxygen atoms in total. The Morgan fingerprint density at radius 2 is 1.62 bits per heavy atom. The highest BCUT2D eigenvalue weighted by molar-refractivity contribution is 5.86. The van der Waals surface area contributed by atoms with Gasteiger partial charge in [0.25, 0.3) is 5.91 Å². The van der Waals surface area contributed by atoms with Crippen LogP contribution in [-0.2, 0) is 16.9 Å². The average molecular weight is 391 g/mol. The summed E-state index contributed by atoms with van der Waals surface area (Å²) in [6.07, 6.45) is 2.93. The lowest BCUT2D eigenvalue weighted by Crippen LogP contribution is -2.52. The molecule has 152 valence electrons. The zero-order valence-electron chi connectivity index (χ0n) is 16.8. The monoisotopic (exact) mass is 390 g/mol. The lowest BCUT2D eigenvalue weighted by molar-refractivity contribution is -0.152. The number of carbonyl (C=O) groups is 1. The molecule has 5 rings (SSSR count). The van der Waals surface area contributed by atoms with E-state index in [1.807, 2.05) is 30.3 Å². The van der Waals surface area contributed by atoms with Gasteiger partial charge >= 0.3 is 0 Å². The lowest BCUT2D eigenvalue weighted by atomic mass is 9.69. The maximum atomic E-state index is 13.1. The van der Waals surface area contributed by atoms with Crippen molar-refractivity contribution in [3.8, 4) is 0 Å². The van der Waals surface area contributed by atoms with E-state index in [-0.39, 0.29) is 11.8 Å². The largest absolute Gasteiger partial charge is 0.375 e. The van der Waals surface area contributed by atoms with Crippen LogP contribution in [0.3, 0.4) is 0 Å². The van der Waals surface area contributed by atoms with Crippen molar-refractivity contribution < 1.29 is 9.90 Å². The normalized spacial score (nSPS) is 28.2. The van der Waals surface area contributed by atoms with Gasteiger partial charge in [-0.1, -0.05) is 67.1 Å². The maximum absolute atomic E-state index is 13.1. The molecular formula is C25H30N2O2. The predicted octanol–water partition coefficient (Wildman–Crippen LogP) is 3.17. The molecule has 0 bridgehead atoms. The van der Waals surface area contributed by atoms with Gasteiger partial charge in [0.1, 0.15) is 0 Å². The summed E-state index contributed by atoms with van der Waals surface area (Å²) in [7, 11) is 0. The third-order valence-corrected chi connectivity index (χ3v) is 7.45. The van der Waals surface area contributed by atoms with Crippen molar-refractivity contribution in [2.75, 3.05) is 19.6 Å². The van der Waals surface area contributed by atoms with Crippen LogP contribution in [0, 0.1) is 23.7 Å². The van der Waals surface area contributed by atoms with E-state index in [9.17, 15) is 9.90 Å². The average Bonchev–Trinajstić information content (AvgIpc) is 3.16. The molecule has 0 spiro atoms. The van der Waals surface area contributed by atoms with Gasteiger partial charge in [-0.25, -0.2) is 0 Å². The molecule has 1 saturated heterocycles. The molecule has 4 heteroatoms. The van der Waals surface area contributed by atoms with Crippen molar-refractivity contribution >= 4 is 5.91 Å². The van der Waals surface area contributed by atoms with Crippen LogP contribution >= 0.6 is 0 Å². The first-order chi connectivity index (χ1) is 14.2. The molecule has 2 aromatic carbocycles. The third-order valence-electron chi connectivity index (χ3n) is 7.45. The Morgan fingerprint density at radius 1 is 1.00 bits per heavy atom. The molecule has 3 aliphatic rings. The number of aliphatic hydroxyl groups is 1. The van der Waals surface area contributed by atoms with Crippen LogP contribution in [0.2, 0.25) is 0 Å². The van der Waals surface area contributed by atoms with Gasteiger partial charge in [0.2, 0.25) is 0 Å². The molecule has 3 fully saturated rings. The number of fused-ring (bicyclic) bond motifs is 1. The third kappa shape index (κ3) is 3.49. The summed E-state index contributed by atoms with van der Waals surface area (Å²) >= 11 is 0. The van der Waals surface area contributed by atoms with Crippen molar-refractivity contribution in [3.05, 3.63) is 71.8 Å². The highest BCUT2D eigenvalue weighted by atomic mass is 16.3. The number of likely N-dealkylation sites (tertiary alicyclic amines) is 1. The molecule has 29 heavy (non-hydrogen) atoms. The molecule has 1 amide bonds. The number of hydrogen-bond acceptors (Lipinski definition) is 3. The van der Waals surface area contributed by atoms with Gasteiger partial charge in [0.05, 0.1) is 0 Å². The summed E-state index contributed by atoms with van der Waals surface area (Å²) in [5.41, 5.74) is 0.711. The van der Waals surface area contributed by atoms with Crippen LogP contribution in [0.15, 0.2) is 60.7 Å². The first-order valence-corrected chi connectivity index (χ1v) is 11.0. The van der Waals surface area contributed by atoms with E-state index < -0.39 is 5.60 Å². The van der Waals surface area contributed by atoms with Crippen molar-refractivity contribution in [1.29, 1.82) is 0 Å². The minimum atomic E-state index is -1.39. The summed E-state index contributed by atoms with van der Waals surface area (Å²) in [4.78, 5) is 15.6. The Labute approximate surface area is 172 Å². The summed E-state index contributed by atoms with van der Waals surface area (Å²) < 4.78 is 0. The Balaban J connectivity index is 1.16. The van der Waals surface area contributed by atoms with Gasteiger partial charge in [0.15, 0.2) is 5.60 Å². The number of hydrogen-bond donors (Lipinski definition) is 2. The van der Waals surface area contributed by atoms with E-state index in [0.717, 1.165) is 44.5 Å². The second-order valence-corrected chi connectivity index (χ2v) is 9.14. The topological polar surface area (TPSA) is 52.6 Å². The Kier molecular flexibility index (Phi) is 4.92. The fourth-order valence-corrected chi connectivity index (χ4v) is 5.43. The van der Waals surface area contributed by atoms with E-state index in [4.69, 9.17) is 0 Å². The van der Waals surface area contributed by atoms with Gasteiger partial charge < -0.3 is 10.4 Å². The van der Waals surface area contributed by atoms with Crippen molar-refractivity contribution in [2.45, 2.75) is 31.4 Å². The molecule has 2 saturated carbocycles. The van der Waals surface area contributed by atoms with Crippen molar-refractivity contribution in [2.24, 2.45) is 23.7 Å². The Bertz CT molecular complexity index is 840. The molecule has 2 N–H and O–H groups in total. The quantitative estimate of drug-likeness (QED) is 0.764. The number of nitrogens with zero attached hydrogens (tertiary/aromatic N) is 1. The fourth-order valence-electron chi connectivity index (χ4n) is 5.43. The first kappa shape index (κ1) is 18.8. The molecule has 0 aromatic heterocycles. The van der Waals surface area contributed by atoms with Gasteiger partial charge in [-0.15, -0.1) is 0 Å². The zero-order chi connectivity index (χ0) is 19.8. The molecule has 1 aliphatic heterocycles. The summed E-state index contributed by atoms with van der Waals surface area (Å²) in [6, 6.07) is 20.1. The molecule has 3 unspecified atom stereocenters. The second-order valence-electron chi connectivity index (χ2n) is 9.14. The number of rotatable bonds is 7. The van der Waals surface area contributed by atoms with E-state index in [1.54, 1.807) is 0 Å². The minimum Gasteiger partial charge on any atom is -0.375 e. The fraction of sp³-hybridized carbons (Fsp3) is 0.480. The van der Waals surface area contributed by atoms with E-state index >= 15 is 0 Å². The number of nitrogens with one attached hydrogen (secondary N) is 1. The summed E-state index contributed by atoms with van der Waals surface area (Å²) in [6.45, 7) is 3.94. The standard InChI is InChI=1S/C25H30N2O2/c28-24(25(29,20-12-7-13-20)19-10-5-2-6-11-19)26-14-21-22-16-27(17-23(21)22)15-18-8-3-1-4-9-18/h1-6,8-11,20-23,29H,7,12-17H2,(H,26,28)/t21?,22-,23?,25?/m1/s1. The molecule has 2 aliphatic carbocycles. The maximum Gasteiger partial charge on any atom is 0.256 e. The van der Waals surface area contributed by atoms with Gasteiger partial charge in [-0.05, 0) is 41.7 Å². The predicted molar refractivity (Wildman–Crippen MR) is 113 cm³/mol. The molecule has 0 radical (unpaired) electrons. The molecule has 4 atom stereocenters.